The van der Waals surface area contributed by atoms with E-state index in [-0.39, 0.29) is 0 Å². The number of nitrogens with zero attached hydrogens (tertiary/aromatic N) is 1. The molecule has 0 saturated heterocycles. The number of allylic oxidation sites excluding steroid dienone is 4. The lowest BCUT2D eigenvalue weighted by atomic mass is 10.0. The van der Waals surface area contributed by atoms with E-state index in [1.807, 2.05) is 13.8 Å². The first kappa shape index (κ1) is 11.3. The fourth-order valence-electron chi connectivity index (χ4n) is 1.10. The molecule has 0 aromatic rings. The second-order valence-corrected chi connectivity index (χ2v) is 3.07. The zero-order valence-electron chi connectivity index (χ0n) is 9.02. The highest BCUT2D eigenvalue weighted by Crippen LogP contribution is 2.18. The lowest BCUT2D eigenvalue weighted by Gasteiger charge is -2.19. The summed E-state index contributed by atoms with van der Waals surface area (Å²) in [5.41, 5.74) is 2.93. The van der Waals surface area contributed by atoms with E-state index >= 15 is 0 Å². The fraction of sp³-hybridized carbons (Fsp3) is 0.636. The molecule has 1 rings (SSSR count). The van der Waals surface area contributed by atoms with Gasteiger partial charge in [0, 0.05) is 19.8 Å². The minimum absolute atomic E-state index is 1.20. The summed E-state index contributed by atoms with van der Waals surface area (Å²) in [6.45, 7) is 6.18. The minimum atomic E-state index is 1.20. The highest BCUT2D eigenvalue weighted by atomic mass is 15.1. The minimum Gasteiger partial charge on any atom is -0.381 e. The summed E-state index contributed by atoms with van der Waals surface area (Å²) in [5.74, 6) is 0. The predicted molar refractivity (Wildman–Crippen MR) is 56.1 cm³/mol. The first-order valence-electron chi connectivity index (χ1n) is 4.74. The van der Waals surface area contributed by atoms with Gasteiger partial charge in [-0.05, 0) is 25.8 Å². The molecule has 0 saturated carbocycles. The van der Waals surface area contributed by atoms with E-state index in [2.05, 4.69) is 38.1 Å². The molecule has 1 aliphatic rings. The van der Waals surface area contributed by atoms with Crippen molar-refractivity contribution in [3.8, 4) is 0 Å². The van der Waals surface area contributed by atoms with E-state index in [0.717, 1.165) is 0 Å². The van der Waals surface area contributed by atoms with Crippen LogP contribution < -0.4 is 0 Å². The summed E-state index contributed by atoms with van der Waals surface area (Å²) >= 11 is 0. The van der Waals surface area contributed by atoms with Crippen molar-refractivity contribution in [3.05, 3.63) is 23.4 Å². The Balaban J connectivity index is 0.000000561. The van der Waals surface area contributed by atoms with Crippen LogP contribution in [0, 0.1) is 0 Å². The summed E-state index contributed by atoms with van der Waals surface area (Å²) in [5, 5.41) is 0. The molecule has 70 valence electrons. The number of hydrogen-bond acceptors (Lipinski definition) is 1. The fourth-order valence-corrected chi connectivity index (χ4v) is 1.10. The third-order valence-corrected chi connectivity index (χ3v) is 1.91. The Morgan fingerprint density at radius 2 is 1.67 bits per heavy atom. The Bertz CT molecular complexity index is 175. The molecule has 0 aromatic heterocycles. The quantitative estimate of drug-likeness (QED) is 0.579. The predicted octanol–water partition coefficient (Wildman–Crippen LogP) is 3.20. The van der Waals surface area contributed by atoms with E-state index in [0.29, 0.717) is 0 Å². The third-order valence-electron chi connectivity index (χ3n) is 1.91. The van der Waals surface area contributed by atoms with Crippen molar-refractivity contribution in [2.75, 3.05) is 14.1 Å². The van der Waals surface area contributed by atoms with Crippen molar-refractivity contribution in [3.63, 3.8) is 0 Å². The molecule has 0 unspecified atom stereocenters. The SMILES string of the molecule is CC.CC1=CC=C(N(C)C)CC1. The lowest BCUT2D eigenvalue weighted by molar-refractivity contribution is 0.483. The van der Waals surface area contributed by atoms with Crippen LogP contribution >= 0.6 is 0 Å². The Kier molecular flexibility index (Phi) is 5.52. The van der Waals surface area contributed by atoms with Gasteiger partial charge < -0.3 is 4.90 Å². The largest absolute Gasteiger partial charge is 0.381 e. The van der Waals surface area contributed by atoms with Gasteiger partial charge in [0.1, 0.15) is 0 Å². The number of hydrogen-bond donors (Lipinski definition) is 0. The van der Waals surface area contributed by atoms with E-state index < -0.39 is 0 Å². The first-order chi connectivity index (χ1) is 5.70. The molecule has 12 heavy (non-hydrogen) atoms. The smallest absolute Gasteiger partial charge is 0.0131 e. The molecule has 0 fully saturated rings. The van der Waals surface area contributed by atoms with Gasteiger partial charge in [-0.3, -0.25) is 0 Å². The van der Waals surface area contributed by atoms with Gasteiger partial charge in [-0.2, -0.15) is 0 Å². The van der Waals surface area contributed by atoms with Crippen LogP contribution in [0.5, 0.6) is 0 Å². The Labute approximate surface area is 76.8 Å². The molecule has 1 heteroatoms. The van der Waals surface area contributed by atoms with E-state index in [1.165, 1.54) is 24.1 Å². The molecular formula is C11H21N. The van der Waals surface area contributed by atoms with E-state index in [9.17, 15) is 0 Å². The molecule has 0 atom stereocenters. The monoisotopic (exact) mass is 167 g/mol. The maximum atomic E-state index is 2.21. The van der Waals surface area contributed by atoms with Crippen LogP contribution in [-0.4, -0.2) is 19.0 Å². The Hall–Kier alpha value is -0.720. The van der Waals surface area contributed by atoms with Gasteiger partial charge in [0.2, 0.25) is 0 Å². The molecule has 0 radical (unpaired) electrons. The van der Waals surface area contributed by atoms with Crippen molar-refractivity contribution < 1.29 is 0 Å². The van der Waals surface area contributed by atoms with Gasteiger partial charge in [0.15, 0.2) is 0 Å². The van der Waals surface area contributed by atoms with Crippen molar-refractivity contribution in [1.29, 1.82) is 0 Å². The molecule has 1 nitrogen and oxygen atoms in total. The average Bonchev–Trinajstić information content (AvgIpc) is 2.09. The summed E-state index contributed by atoms with van der Waals surface area (Å²) in [6, 6.07) is 0. The Morgan fingerprint density at radius 1 is 1.08 bits per heavy atom. The van der Waals surface area contributed by atoms with Crippen LogP contribution in [-0.2, 0) is 0 Å². The highest BCUT2D eigenvalue weighted by Gasteiger charge is 2.03. The number of rotatable bonds is 1. The average molecular weight is 167 g/mol. The second kappa shape index (κ2) is 5.87. The molecule has 0 N–H and O–H groups in total. The maximum absolute atomic E-state index is 2.21. The van der Waals surface area contributed by atoms with E-state index in [1.54, 1.807) is 0 Å². The summed E-state index contributed by atoms with van der Waals surface area (Å²) in [7, 11) is 4.20. The summed E-state index contributed by atoms with van der Waals surface area (Å²) < 4.78 is 0. The van der Waals surface area contributed by atoms with E-state index in [4.69, 9.17) is 0 Å². The van der Waals surface area contributed by atoms with Crippen molar-refractivity contribution in [2.24, 2.45) is 0 Å². The molecule has 0 bridgehead atoms. The van der Waals surface area contributed by atoms with Crippen molar-refractivity contribution in [2.45, 2.75) is 33.6 Å². The van der Waals surface area contributed by atoms with Crippen molar-refractivity contribution >= 4 is 0 Å². The Morgan fingerprint density at radius 3 is 2.00 bits per heavy atom. The zero-order chi connectivity index (χ0) is 9.56. The molecule has 0 heterocycles. The normalized spacial score (nSPS) is 15.4. The third kappa shape index (κ3) is 3.61. The van der Waals surface area contributed by atoms with Crippen molar-refractivity contribution in [1.82, 2.24) is 4.90 Å². The molecule has 0 aliphatic heterocycles. The van der Waals surface area contributed by atoms with Crippen LogP contribution in [0.15, 0.2) is 23.4 Å². The lowest BCUT2D eigenvalue weighted by Crippen LogP contribution is -2.12. The van der Waals surface area contributed by atoms with Gasteiger partial charge in [0.25, 0.3) is 0 Å². The standard InChI is InChI=1S/C9H15N.C2H6/c1-8-4-6-9(7-5-8)10(2)3;1-2/h4,6H,5,7H2,1-3H3;1-2H3. The molecule has 0 aromatic carbocycles. The maximum Gasteiger partial charge on any atom is 0.0131 e. The summed E-state index contributed by atoms with van der Waals surface area (Å²) in [6.07, 6.45) is 6.84. The topological polar surface area (TPSA) is 3.24 Å². The van der Waals surface area contributed by atoms with Crippen LogP contribution in [0.25, 0.3) is 0 Å². The van der Waals surface area contributed by atoms with Gasteiger partial charge in [0.05, 0.1) is 0 Å². The van der Waals surface area contributed by atoms with Crippen LogP contribution in [0.1, 0.15) is 33.6 Å². The van der Waals surface area contributed by atoms with Crippen LogP contribution in [0.3, 0.4) is 0 Å². The van der Waals surface area contributed by atoms with Gasteiger partial charge >= 0.3 is 0 Å². The molecular weight excluding hydrogens is 146 g/mol. The molecule has 0 amide bonds. The molecule has 0 spiro atoms. The molecule has 1 aliphatic carbocycles. The van der Waals surface area contributed by atoms with Gasteiger partial charge in [-0.15, -0.1) is 0 Å². The van der Waals surface area contributed by atoms with Gasteiger partial charge in [-0.1, -0.05) is 25.5 Å². The van der Waals surface area contributed by atoms with Crippen LogP contribution in [0.4, 0.5) is 0 Å². The van der Waals surface area contributed by atoms with Crippen LogP contribution in [0.2, 0.25) is 0 Å². The second-order valence-electron chi connectivity index (χ2n) is 3.07. The van der Waals surface area contributed by atoms with Gasteiger partial charge in [-0.25, -0.2) is 0 Å². The highest BCUT2D eigenvalue weighted by molar-refractivity contribution is 5.21. The first-order valence-corrected chi connectivity index (χ1v) is 4.74. The zero-order valence-corrected chi connectivity index (χ0v) is 9.02. The summed E-state index contributed by atoms with van der Waals surface area (Å²) in [4.78, 5) is 2.18.